The Morgan fingerprint density at radius 3 is 2.06 bits per heavy atom. The van der Waals surface area contributed by atoms with Gasteiger partial charge in [-0.3, -0.25) is 0 Å². The lowest BCUT2D eigenvalue weighted by atomic mass is 9.86. The summed E-state index contributed by atoms with van der Waals surface area (Å²) < 4.78 is 0. The Bertz CT molecular complexity index is 350. The van der Waals surface area contributed by atoms with Crippen molar-refractivity contribution < 1.29 is 0 Å². The van der Waals surface area contributed by atoms with Gasteiger partial charge >= 0.3 is 0 Å². The van der Waals surface area contributed by atoms with Gasteiger partial charge in [-0.2, -0.15) is 0 Å². The summed E-state index contributed by atoms with van der Waals surface area (Å²) in [5.74, 6) is 0.608. The third-order valence-electron chi connectivity index (χ3n) is 3.76. The molecule has 2 nitrogen and oxygen atoms in total. The standard InChI is InChI=1S/C15H24N2/c1-10(2)12-4-6-13(7-5-12)11(3)17-15-8-14(16)9-15/h4-7,10-11,14-15,17H,8-9,16H2,1-3H3. The van der Waals surface area contributed by atoms with Crippen LogP contribution >= 0.6 is 0 Å². The van der Waals surface area contributed by atoms with E-state index in [0.29, 0.717) is 24.0 Å². The highest BCUT2D eigenvalue weighted by Gasteiger charge is 2.26. The van der Waals surface area contributed by atoms with Crippen molar-refractivity contribution in [3.05, 3.63) is 35.4 Å². The number of hydrogen-bond acceptors (Lipinski definition) is 2. The summed E-state index contributed by atoms with van der Waals surface area (Å²) in [6, 6.07) is 10.4. The van der Waals surface area contributed by atoms with Crippen LogP contribution in [0.25, 0.3) is 0 Å². The molecule has 17 heavy (non-hydrogen) atoms. The van der Waals surface area contributed by atoms with Crippen molar-refractivity contribution in [3.63, 3.8) is 0 Å². The zero-order chi connectivity index (χ0) is 12.4. The van der Waals surface area contributed by atoms with Crippen LogP contribution in [0.2, 0.25) is 0 Å². The van der Waals surface area contributed by atoms with E-state index < -0.39 is 0 Å². The summed E-state index contributed by atoms with van der Waals surface area (Å²) >= 11 is 0. The lowest BCUT2D eigenvalue weighted by Crippen LogP contribution is -2.49. The largest absolute Gasteiger partial charge is 0.328 e. The molecule has 1 aliphatic carbocycles. The Kier molecular flexibility index (Phi) is 3.85. The highest BCUT2D eigenvalue weighted by molar-refractivity contribution is 5.26. The van der Waals surface area contributed by atoms with Crippen molar-refractivity contribution in [2.45, 2.75) is 57.7 Å². The van der Waals surface area contributed by atoms with Gasteiger partial charge in [0.25, 0.3) is 0 Å². The first-order chi connectivity index (χ1) is 8.06. The van der Waals surface area contributed by atoms with Crippen LogP contribution in [0.15, 0.2) is 24.3 Å². The van der Waals surface area contributed by atoms with Gasteiger partial charge in [0.05, 0.1) is 0 Å². The Balaban J connectivity index is 1.92. The molecule has 1 unspecified atom stereocenters. The van der Waals surface area contributed by atoms with Crippen molar-refractivity contribution in [2.24, 2.45) is 5.73 Å². The van der Waals surface area contributed by atoms with Gasteiger partial charge in [-0.1, -0.05) is 38.1 Å². The van der Waals surface area contributed by atoms with Crippen LogP contribution in [-0.2, 0) is 0 Å². The maximum Gasteiger partial charge on any atom is 0.0294 e. The molecule has 1 aliphatic rings. The van der Waals surface area contributed by atoms with Gasteiger partial charge in [-0.05, 0) is 36.8 Å². The summed E-state index contributed by atoms with van der Waals surface area (Å²) in [5.41, 5.74) is 8.58. The summed E-state index contributed by atoms with van der Waals surface area (Å²) in [6.07, 6.45) is 2.24. The number of nitrogens with two attached hydrogens (primary N) is 1. The van der Waals surface area contributed by atoms with Crippen molar-refractivity contribution in [1.29, 1.82) is 0 Å². The molecule has 1 atom stereocenters. The molecule has 94 valence electrons. The molecule has 0 amide bonds. The molecular formula is C15H24N2. The van der Waals surface area contributed by atoms with Crippen molar-refractivity contribution in [3.8, 4) is 0 Å². The molecule has 2 heteroatoms. The van der Waals surface area contributed by atoms with Gasteiger partial charge in [0, 0.05) is 18.1 Å². The van der Waals surface area contributed by atoms with E-state index in [-0.39, 0.29) is 0 Å². The molecule has 0 radical (unpaired) electrons. The van der Waals surface area contributed by atoms with Crippen molar-refractivity contribution in [2.75, 3.05) is 0 Å². The van der Waals surface area contributed by atoms with Crippen LogP contribution in [0.5, 0.6) is 0 Å². The number of benzene rings is 1. The highest BCUT2D eigenvalue weighted by atomic mass is 15.0. The summed E-state index contributed by atoms with van der Waals surface area (Å²) in [7, 11) is 0. The molecule has 1 aromatic rings. The second kappa shape index (κ2) is 5.19. The van der Waals surface area contributed by atoms with Gasteiger partial charge in [-0.25, -0.2) is 0 Å². The average Bonchev–Trinajstić information content (AvgIpc) is 2.27. The second-order valence-corrected chi connectivity index (χ2v) is 5.64. The third-order valence-corrected chi connectivity index (χ3v) is 3.76. The first-order valence-electron chi connectivity index (χ1n) is 6.67. The van der Waals surface area contributed by atoms with Gasteiger partial charge in [-0.15, -0.1) is 0 Å². The second-order valence-electron chi connectivity index (χ2n) is 5.64. The monoisotopic (exact) mass is 232 g/mol. The maximum atomic E-state index is 5.80. The van der Waals surface area contributed by atoms with E-state index >= 15 is 0 Å². The fraction of sp³-hybridized carbons (Fsp3) is 0.600. The number of nitrogens with one attached hydrogen (secondary N) is 1. The number of rotatable bonds is 4. The van der Waals surface area contributed by atoms with E-state index in [4.69, 9.17) is 5.73 Å². The molecule has 0 aromatic heterocycles. The fourth-order valence-corrected chi connectivity index (χ4v) is 2.42. The van der Waals surface area contributed by atoms with E-state index in [0.717, 1.165) is 12.8 Å². The minimum absolute atomic E-state index is 0.419. The Labute approximate surface area is 105 Å². The van der Waals surface area contributed by atoms with Crippen LogP contribution in [0.4, 0.5) is 0 Å². The topological polar surface area (TPSA) is 38.0 Å². The highest BCUT2D eigenvalue weighted by Crippen LogP contribution is 2.23. The molecule has 0 saturated heterocycles. The van der Waals surface area contributed by atoms with Gasteiger partial charge in [0.1, 0.15) is 0 Å². The molecule has 1 saturated carbocycles. The molecule has 2 rings (SSSR count). The summed E-state index contributed by atoms with van der Waals surface area (Å²) in [5, 5.41) is 3.63. The molecule has 0 heterocycles. The molecule has 3 N–H and O–H groups in total. The first-order valence-corrected chi connectivity index (χ1v) is 6.67. The van der Waals surface area contributed by atoms with E-state index in [9.17, 15) is 0 Å². The minimum atomic E-state index is 0.419. The predicted octanol–water partition coefficient (Wildman–Crippen LogP) is 2.95. The lowest BCUT2D eigenvalue weighted by molar-refractivity contribution is 0.272. The van der Waals surface area contributed by atoms with E-state index in [1.165, 1.54) is 11.1 Å². The van der Waals surface area contributed by atoms with E-state index in [1.54, 1.807) is 0 Å². The molecule has 1 fully saturated rings. The van der Waals surface area contributed by atoms with Gasteiger partial charge in [0.15, 0.2) is 0 Å². The van der Waals surface area contributed by atoms with Crippen LogP contribution in [0.1, 0.15) is 56.7 Å². The normalized spacial score (nSPS) is 25.7. The van der Waals surface area contributed by atoms with E-state index in [1.807, 2.05) is 0 Å². The smallest absolute Gasteiger partial charge is 0.0294 e. The maximum absolute atomic E-state index is 5.80. The van der Waals surface area contributed by atoms with Crippen LogP contribution in [0.3, 0.4) is 0 Å². The first kappa shape index (κ1) is 12.6. The SMILES string of the molecule is CC(C)c1ccc(C(C)NC2CC(N)C2)cc1. The Hall–Kier alpha value is -0.860. The van der Waals surface area contributed by atoms with Gasteiger partial charge < -0.3 is 11.1 Å². The zero-order valence-electron chi connectivity index (χ0n) is 11.1. The van der Waals surface area contributed by atoms with Crippen molar-refractivity contribution in [1.82, 2.24) is 5.32 Å². The summed E-state index contributed by atoms with van der Waals surface area (Å²) in [4.78, 5) is 0. The quantitative estimate of drug-likeness (QED) is 0.837. The molecular weight excluding hydrogens is 208 g/mol. The van der Waals surface area contributed by atoms with E-state index in [2.05, 4.69) is 50.4 Å². The molecule has 1 aromatic carbocycles. The Morgan fingerprint density at radius 1 is 1.06 bits per heavy atom. The third kappa shape index (κ3) is 3.08. The number of hydrogen-bond donors (Lipinski definition) is 2. The zero-order valence-corrected chi connectivity index (χ0v) is 11.1. The lowest BCUT2D eigenvalue weighted by Gasteiger charge is -2.35. The predicted molar refractivity (Wildman–Crippen MR) is 73.1 cm³/mol. The summed E-state index contributed by atoms with van der Waals surface area (Å²) in [6.45, 7) is 6.69. The molecule has 0 aliphatic heterocycles. The van der Waals surface area contributed by atoms with Gasteiger partial charge in [0.2, 0.25) is 0 Å². The average molecular weight is 232 g/mol. The molecule has 0 bridgehead atoms. The molecule has 0 spiro atoms. The van der Waals surface area contributed by atoms with Crippen LogP contribution < -0.4 is 11.1 Å². The van der Waals surface area contributed by atoms with Crippen LogP contribution in [0, 0.1) is 0 Å². The minimum Gasteiger partial charge on any atom is -0.328 e. The van der Waals surface area contributed by atoms with Crippen LogP contribution in [-0.4, -0.2) is 12.1 Å². The fourth-order valence-electron chi connectivity index (χ4n) is 2.42. The van der Waals surface area contributed by atoms with Crippen molar-refractivity contribution >= 4 is 0 Å². The Morgan fingerprint density at radius 2 is 1.59 bits per heavy atom.